The summed E-state index contributed by atoms with van der Waals surface area (Å²) in [5.41, 5.74) is 1.15. The molecule has 108 valence electrons. The van der Waals surface area contributed by atoms with Crippen LogP contribution in [0.2, 0.25) is 0 Å². The fourth-order valence-corrected chi connectivity index (χ4v) is 2.54. The van der Waals surface area contributed by atoms with Gasteiger partial charge in [-0.2, -0.15) is 0 Å². The summed E-state index contributed by atoms with van der Waals surface area (Å²) >= 11 is 3.37. The predicted octanol–water partition coefficient (Wildman–Crippen LogP) is 2.76. The third kappa shape index (κ3) is 3.48. The highest BCUT2D eigenvalue weighted by Crippen LogP contribution is 2.23. The number of hydrogen-bond acceptors (Lipinski definition) is 4. The Morgan fingerprint density at radius 1 is 1.35 bits per heavy atom. The van der Waals surface area contributed by atoms with Crippen LogP contribution in [0.5, 0.6) is 0 Å². The Bertz CT molecular complexity index is 651. The fourth-order valence-electron chi connectivity index (χ4n) is 2.20. The van der Waals surface area contributed by atoms with Gasteiger partial charge in [0.15, 0.2) is 0 Å². The van der Waals surface area contributed by atoms with E-state index in [1.165, 1.54) is 6.07 Å². The van der Waals surface area contributed by atoms with Crippen molar-refractivity contribution < 1.29 is 9.52 Å². The van der Waals surface area contributed by atoms with Gasteiger partial charge in [0.1, 0.15) is 5.58 Å². The summed E-state index contributed by atoms with van der Waals surface area (Å²) in [6, 6.07) is 7.49. The molecule has 0 unspecified atom stereocenters. The first-order chi connectivity index (χ1) is 9.51. The molecule has 1 aromatic carbocycles. The van der Waals surface area contributed by atoms with Crippen LogP contribution in [0.4, 0.5) is 0 Å². The van der Waals surface area contributed by atoms with Gasteiger partial charge >= 0.3 is 5.63 Å². The van der Waals surface area contributed by atoms with Gasteiger partial charge in [-0.3, -0.25) is 4.90 Å². The SMILES string of the molecule is CC(C)N(CCO)Cc1cc(=O)oc2cc(Br)ccc12. The zero-order valence-corrected chi connectivity index (χ0v) is 13.2. The molecule has 0 radical (unpaired) electrons. The first-order valence-corrected chi connectivity index (χ1v) is 7.37. The third-order valence-corrected chi connectivity index (χ3v) is 3.78. The fraction of sp³-hybridized carbons (Fsp3) is 0.400. The van der Waals surface area contributed by atoms with Gasteiger partial charge in [0.25, 0.3) is 0 Å². The molecular weight excluding hydrogens is 322 g/mol. The summed E-state index contributed by atoms with van der Waals surface area (Å²) < 4.78 is 6.11. The number of hydrogen-bond donors (Lipinski definition) is 1. The second-order valence-electron chi connectivity index (χ2n) is 5.02. The van der Waals surface area contributed by atoms with Crippen molar-refractivity contribution in [1.29, 1.82) is 0 Å². The predicted molar refractivity (Wildman–Crippen MR) is 82.8 cm³/mol. The molecule has 1 N–H and O–H groups in total. The first kappa shape index (κ1) is 15.2. The van der Waals surface area contributed by atoms with Crippen molar-refractivity contribution in [2.24, 2.45) is 0 Å². The lowest BCUT2D eigenvalue weighted by molar-refractivity contribution is 0.159. The van der Waals surface area contributed by atoms with E-state index in [1.54, 1.807) is 6.07 Å². The largest absolute Gasteiger partial charge is 0.423 e. The van der Waals surface area contributed by atoms with Gasteiger partial charge in [0.05, 0.1) is 6.61 Å². The van der Waals surface area contributed by atoms with Crippen molar-refractivity contribution in [1.82, 2.24) is 4.90 Å². The molecule has 0 saturated heterocycles. The van der Waals surface area contributed by atoms with Crippen LogP contribution in [0.1, 0.15) is 19.4 Å². The van der Waals surface area contributed by atoms with Gasteiger partial charge < -0.3 is 9.52 Å². The van der Waals surface area contributed by atoms with E-state index in [0.29, 0.717) is 24.7 Å². The number of aliphatic hydroxyl groups excluding tert-OH is 1. The van der Waals surface area contributed by atoms with E-state index in [2.05, 4.69) is 34.7 Å². The van der Waals surface area contributed by atoms with Gasteiger partial charge in [0.2, 0.25) is 0 Å². The molecule has 0 atom stereocenters. The average molecular weight is 340 g/mol. The van der Waals surface area contributed by atoms with Gasteiger partial charge in [-0.15, -0.1) is 0 Å². The molecule has 0 saturated carbocycles. The van der Waals surface area contributed by atoms with Crippen LogP contribution < -0.4 is 5.63 Å². The molecule has 0 bridgehead atoms. The zero-order chi connectivity index (χ0) is 14.7. The summed E-state index contributed by atoms with van der Waals surface area (Å²) in [5.74, 6) is 0. The minimum Gasteiger partial charge on any atom is -0.423 e. The maximum atomic E-state index is 11.7. The maximum Gasteiger partial charge on any atom is 0.336 e. The second kappa shape index (κ2) is 6.52. The molecule has 2 rings (SSSR count). The lowest BCUT2D eigenvalue weighted by Gasteiger charge is -2.25. The number of rotatable bonds is 5. The van der Waals surface area contributed by atoms with Crippen LogP contribution in [0.25, 0.3) is 11.0 Å². The third-order valence-electron chi connectivity index (χ3n) is 3.28. The Morgan fingerprint density at radius 3 is 2.75 bits per heavy atom. The molecule has 20 heavy (non-hydrogen) atoms. The van der Waals surface area contributed by atoms with Gasteiger partial charge in [-0.05, 0) is 37.6 Å². The van der Waals surface area contributed by atoms with Crippen molar-refractivity contribution in [2.45, 2.75) is 26.4 Å². The van der Waals surface area contributed by atoms with Crippen molar-refractivity contribution in [3.63, 3.8) is 0 Å². The molecule has 0 spiro atoms. The Kier molecular flexibility index (Phi) is 4.96. The van der Waals surface area contributed by atoms with Gasteiger partial charge in [-0.25, -0.2) is 4.79 Å². The topological polar surface area (TPSA) is 53.7 Å². The lowest BCUT2D eigenvalue weighted by atomic mass is 10.1. The van der Waals surface area contributed by atoms with E-state index < -0.39 is 0 Å². The molecule has 0 aliphatic heterocycles. The standard InChI is InChI=1S/C15H18BrNO3/c1-10(2)17(5-6-18)9-11-7-15(19)20-14-8-12(16)3-4-13(11)14/h3-4,7-8,10,18H,5-6,9H2,1-2H3. The molecule has 2 aromatic rings. The smallest absolute Gasteiger partial charge is 0.336 e. The molecule has 0 aliphatic carbocycles. The first-order valence-electron chi connectivity index (χ1n) is 6.58. The number of nitrogens with zero attached hydrogens (tertiary/aromatic N) is 1. The average Bonchev–Trinajstić information content (AvgIpc) is 2.37. The highest BCUT2D eigenvalue weighted by molar-refractivity contribution is 9.10. The zero-order valence-electron chi connectivity index (χ0n) is 11.6. The summed E-state index contributed by atoms with van der Waals surface area (Å²) in [6.45, 7) is 5.43. The summed E-state index contributed by atoms with van der Waals surface area (Å²) in [4.78, 5) is 13.8. The van der Waals surface area contributed by atoms with Crippen molar-refractivity contribution in [3.05, 3.63) is 44.7 Å². The number of halogens is 1. The van der Waals surface area contributed by atoms with Crippen LogP contribution in [0.15, 0.2) is 37.9 Å². The van der Waals surface area contributed by atoms with E-state index in [9.17, 15) is 4.79 Å². The Labute approximate surface area is 126 Å². The highest BCUT2D eigenvalue weighted by atomic mass is 79.9. The number of fused-ring (bicyclic) bond motifs is 1. The Balaban J connectivity index is 2.45. The van der Waals surface area contributed by atoms with E-state index in [0.717, 1.165) is 15.4 Å². The molecule has 1 aromatic heterocycles. The summed E-state index contributed by atoms with van der Waals surface area (Å²) in [7, 11) is 0. The molecule has 5 heteroatoms. The summed E-state index contributed by atoms with van der Waals surface area (Å²) in [5, 5.41) is 10.1. The normalized spacial score (nSPS) is 11.7. The van der Waals surface area contributed by atoms with Crippen LogP contribution >= 0.6 is 15.9 Å². The maximum absolute atomic E-state index is 11.7. The minimum absolute atomic E-state index is 0.100. The molecule has 4 nitrogen and oxygen atoms in total. The van der Waals surface area contributed by atoms with E-state index in [4.69, 9.17) is 9.52 Å². The molecular formula is C15H18BrNO3. The molecule has 0 amide bonds. The molecule has 0 fully saturated rings. The number of aliphatic hydroxyl groups is 1. The van der Waals surface area contributed by atoms with Crippen molar-refractivity contribution >= 4 is 26.9 Å². The number of benzene rings is 1. The lowest BCUT2D eigenvalue weighted by Crippen LogP contribution is -2.33. The Hall–Kier alpha value is -1.17. The van der Waals surface area contributed by atoms with E-state index in [1.807, 2.05) is 12.1 Å². The van der Waals surface area contributed by atoms with Crippen molar-refractivity contribution in [2.75, 3.05) is 13.2 Å². The second-order valence-corrected chi connectivity index (χ2v) is 5.93. The summed E-state index contributed by atoms with van der Waals surface area (Å²) in [6.07, 6.45) is 0. The molecule has 0 aliphatic rings. The van der Waals surface area contributed by atoms with E-state index >= 15 is 0 Å². The van der Waals surface area contributed by atoms with Gasteiger partial charge in [-0.1, -0.05) is 15.9 Å². The monoisotopic (exact) mass is 339 g/mol. The van der Waals surface area contributed by atoms with E-state index in [-0.39, 0.29) is 12.2 Å². The van der Waals surface area contributed by atoms with Crippen LogP contribution in [0.3, 0.4) is 0 Å². The minimum atomic E-state index is -0.349. The molecule has 1 heterocycles. The van der Waals surface area contributed by atoms with Crippen LogP contribution in [0, 0.1) is 0 Å². The van der Waals surface area contributed by atoms with Crippen molar-refractivity contribution in [3.8, 4) is 0 Å². The van der Waals surface area contributed by atoms with Gasteiger partial charge in [0, 0.05) is 35.1 Å². The van der Waals surface area contributed by atoms with Crippen LogP contribution in [-0.2, 0) is 6.54 Å². The highest BCUT2D eigenvalue weighted by Gasteiger charge is 2.13. The Morgan fingerprint density at radius 2 is 2.10 bits per heavy atom. The van der Waals surface area contributed by atoms with Crippen LogP contribution in [-0.4, -0.2) is 29.2 Å². The quantitative estimate of drug-likeness (QED) is 0.851.